The molecule has 3 nitrogen and oxygen atoms in total. The van der Waals surface area contributed by atoms with Crippen LogP contribution in [-0.2, 0) is 11.2 Å². The van der Waals surface area contributed by atoms with Crippen LogP contribution in [-0.4, -0.2) is 11.0 Å². The van der Waals surface area contributed by atoms with Crippen molar-refractivity contribution in [3.8, 4) is 5.75 Å². The summed E-state index contributed by atoms with van der Waals surface area (Å²) in [5, 5.41) is 12.5. The van der Waals surface area contributed by atoms with E-state index in [-0.39, 0.29) is 11.7 Å². The van der Waals surface area contributed by atoms with Crippen molar-refractivity contribution in [3.05, 3.63) is 59.2 Å². The SMILES string of the molecule is Cc1cc(NC(=O)CCc2ccccc2)c(C)cc1O. The van der Waals surface area contributed by atoms with Gasteiger partial charge in [-0.25, -0.2) is 0 Å². The molecule has 2 aromatic carbocycles. The van der Waals surface area contributed by atoms with Gasteiger partial charge in [0.1, 0.15) is 5.75 Å². The van der Waals surface area contributed by atoms with Crippen molar-refractivity contribution in [3.63, 3.8) is 0 Å². The van der Waals surface area contributed by atoms with Gasteiger partial charge >= 0.3 is 0 Å². The van der Waals surface area contributed by atoms with Gasteiger partial charge in [-0.1, -0.05) is 30.3 Å². The molecule has 0 spiro atoms. The molecule has 0 aliphatic carbocycles. The molecule has 0 aromatic heterocycles. The van der Waals surface area contributed by atoms with Gasteiger partial charge in [0, 0.05) is 12.1 Å². The highest BCUT2D eigenvalue weighted by Gasteiger charge is 2.07. The predicted molar refractivity (Wildman–Crippen MR) is 81.0 cm³/mol. The van der Waals surface area contributed by atoms with Crippen molar-refractivity contribution in [2.45, 2.75) is 26.7 Å². The molecule has 0 heterocycles. The third-order valence-corrected chi connectivity index (χ3v) is 3.30. The first-order valence-corrected chi connectivity index (χ1v) is 6.70. The number of aromatic hydroxyl groups is 1. The van der Waals surface area contributed by atoms with Crippen molar-refractivity contribution in [2.75, 3.05) is 5.32 Å². The first-order chi connectivity index (χ1) is 9.56. The van der Waals surface area contributed by atoms with Crippen LogP contribution in [0.1, 0.15) is 23.1 Å². The van der Waals surface area contributed by atoms with Crippen LogP contribution in [0.5, 0.6) is 5.75 Å². The molecule has 0 aliphatic heterocycles. The predicted octanol–water partition coefficient (Wildman–Crippen LogP) is 3.58. The molecule has 0 radical (unpaired) electrons. The molecule has 3 heteroatoms. The van der Waals surface area contributed by atoms with Crippen LogP contribution in [0.25, 0.3) is 0 Å². The van der Waals surface area contributed by atoms with E-state index < -0.39 is 0 Å². The first kappa shape index (κ1) is 14.1. The highest BCUT2D eigenvalue weighted by molar-refractivity contribution is 5.91. The summed E-state index contributed by atoms with van der Waals surface area (Å²) in [6.07, 6.45) is 1.17. The lowest BCUT2D eigenvalue weighted by Crippen LogP contribution is -2.13. The van der Waals surface area contributed by atoms with Crippen LogP contribution >= 0.6 is 0 Å². The molecule has 2 N–H and O–H groups in total. The number of nitrogens with one attached hydrogen (secondary N) is 1. The molecular weight excluding hydrogens is 250 g/mol. The number of phenolic OH excluding ortho intramolecular Hbond substituents is 1. The fourth-order valence-corrected chi connectivity index (χ4v) is 2.05. The summed E-state index contributed by atoms with van der Waals surface area (Å²) in [6.45, 7) is 3.68. The van der Waals surface area contributed by atoms with E-state index in [1.807, 2.05) is 44.2 Å². The van der Waals surface area contributed by atoms with Crippen molar-refractivity contribution < 1.29 is 9.90 Å². The van der Waals surface area contributed by atoms with Crippen LogP contribution < -0.4 is 5.32 Å². The van der Waals surface area contributed by atoms with E-state index in [1.165, 1.54) is 0 Å². The van der Waals surface area contributed by atoms with Crippen LogP contribution in [0.3, 0.4) is 0 Å². The summed E-state index contributed by atoms with van der Waals surface area (Å²) in [6, 6.07) is 13.4. The molecule has 2 rings (SSSR count). The fraction of sp³-hybridized carbons (Fsp3) is 0.235. The highest BCUT2D eigenvalue weighted by Crippen LogP contribution is 2.25. The molecule has 0 saturated heterocycles. The molecule has 0 atom stereocenters. The summed E-state index contributed by atoms with van der Waals surface area (Å²) in [4.78, 5) is 12.0. The highest BCUT2D eigenvalue weighted by atomic mass is 16.3. The summed E-state index contributed by atoms with van der Waals surface area (Å²) >= 11 is 0. The Bertz CT molecular complexity index is 606. The Morgan fingerprint density at radius 1 is 1.10 bits per heavy atom. The molecule has 20 heavy (non-hydrogen) atoms. The van der Waals surface area contributed by atoms with E-state index in [2.05, 4.69) is 5.32 Å². The summed E-state index contributed by atoms with van der Waals surface area (Å²) in [5.41, 5.74) is 3.54. The third-order valence-electron chi connectivity index (χ3n) is 3.30. The molecule has 2 aromatic rings. The molecule has 1 amide bonds. The molecule has 0 aliphatic rings. The van der Waals surface area contributed by atoms with Gasteiger partial charge in [-0.05, 0) is 49.1 Å². The third kappa shape index (κ3) is 3.60. The number of rotatable bonds is 4. The number of benzene rings is 2. The van der Waals surface area contributed by atoms with E-state index in [9.17, 15) is 9.90 Å². The van der Waals surface area contributed by atoms with E-state index in [0.29, 0.717) is 6.42 Å². The van der Waals surface area contributed by atoms with Gasteiger partial charge in [0.05, 0.1) is 0 Å². The molecule has 0 unspecified atom stereocenters. The second-order valence-electron chi connectivity index (χ2n) is 4.99. The topological polar surface area (TPSA) is 49.3 Å². The maximum Gasteiger partial charge on any atom is 0.224 e. The Balaban J connectivity index is 1.97. The van der Waals surface area contributed by atoms with Crippen molar-refractivity contribution in [1.29, 1.82) is 0 Å². The lowest BCUT2D eigenvalue weighted by molar-refractivity contribution is -0.116. The van der Waals surface area contributed by atoms with Gasteiger partial charge in [0.15, 0.2) is 0 Å². The van der Waals surface area contributed by atoms with Crippen LogP contribution in [0.15, 0.2) is 42.5 Å². The lowest BCUT2D eigenvalue weighted by atomic mass is 10.1. The maximum absolute atomic E-state index is 12.0. The zero-order chi connectivity index (χ0) is 14.5. The van der Waals surface area contributed by atoms with E-state index in [1.54, 1.807) is 12.1 Å². The average molecular weight is 269 g/mol. The Morgan fingerprint density at radius 3 is 2.50 bits per heavy atom. The van der Waals surface area contributed by atoms with Gasteiger partial charge in [0.2, 0.25) is 5.91 Å². The first-order valence-electron chi connectivity index (χ1n) is 6.70. The average Bonchev–Trinajstić information content (AvgIpc) is 2.44. The number of anilines is 1. The van der Waals surface area contributed by atoms with E-state index in [0.717, 1.165) is 28.8 Å². The molecule has 0 saturated carbocycles. The van der Waals surface area contributed by atoms with E-state index in [4.69, 9.17) is 0 Å². The number of aryl methyl sites for hydroxylation is 3. The number of hydrogen-bond acceptors (Lipinski definition) is 2. The minimum atomic E-state index is -0.0120. The minimum absolute atomic E-state index is 0.0120. The second kappa shape index (κ2) is 6.24. The van der Waals surface area contributed by atoms with Gasteiger partial charge in [-0.2, -0.15) is 0 Å². The van der Waals surface area contributed by atoms with Gasteiger partial charge in [-0.3, -0.25) is 4.79 Å². The molecule has 104 valence electrons. The quantitative estimate of drug-likeness (QED) is 0.833. The van der Waals surface area contributed by atoms with Crippen LogP contribution in [0.2, 0.25) is 0 Å². The van der Waals surface area contributed by atoms with Gasteiger partial charge in [0.25, 0.3) is 0 Å². The van der Waals surface area contributed by atoms with E-state index >= 15 is 0 Å². The lowest BCUT2D eigenvalue weighted by Gasteiger charge is -2.10. The monoisotopic (exact) mass is 269 g/mol. The number of hydrogen-bond donors (Lipinski definition) is 2. The number of amides is 1. The Kier molecular flexibility index (Phi) is 4.41. The zero-order valence-corrected chi connectivity index (χ0v) is 11.8. The fourth-order valence-electron chi connectivity index (χ4n) is 2.05. The van der Waals surface area contributed by atoms with Gasteiger partial charge in [-0.15, -0.1) is 0 Å². The molecular formula is C17H19NO2. The second-order valence-corrected chi connectivity index (χ2v) is 4.99. The molecule has 0 bridgehead atoms. The summed E-state index contributed by atoms with van der Waals surface area (Å²) in [7, 11) is 0. The number of carbonyl (C=O) groups is 1. The summed E-state index contributed by atoms with van der Waals surface area (Å²) < 4.78 is 0. The Labute approximate surface area is 119 Å². The number of phenols is 1. The zero-order valence-electron chi connectivity index (χ0n) is 11.8. The van der Waals surface area contributed by atoms with Crippen molar-refractivity contribution in [1.82, 2.24) is 0 Å². The smallest absolute Gasteiger partial charge is 0.224 e. The Hall–Kier alpha value is -2.29. The van der Waals surface area contributed by atoms with Gasteiger partial charge < -0.3 is 10.4 Å². The standard InChI is InChI=1S/C17H19NO2/c1-12-11-16(19)13(2)10-15(12)18-17(20)9-8-14-6-4-3-5-7-14/h3-7,10-11,19H,8-9H2,1-2H3,(H,18,20). The molecule has 0 fully saturated rings. The van der Waals surface area contributed by atoms with Crippen LogP contribution in [0.4, 0.5) is 5.69 Å². The summed E-state index contributed by atoms with van der Waals surface area (Å²) in [5.74, 6) is 0.242. The van der Waals surface area contributed by atoms with Crippen LogP contribution in [0, 0.1) is 13.8 Å². The van der Waals surface area contributed by atoms with Crippen molar-refractivity contribution in [2.24, 2.45) is 0 Å². The number of carbonyl (C=O) groups excluding carboxylic acids is 1. The Morgan fingerprint density at radius 2 is 1.80 bits per heavy atom. The largest absolute Gasteiger partial charge is 0.508 e. The van der Waals surface area contributed by atoms with Crippen molar-refractivity contribution >= 4 is 11.6 Å². The maximum atomic E-state index is 12.0. The normalized spacial score (nSPS) is 10.3. The minimum Gasteiger partial charge on any atom is -0.508 e.